The number of rotatable bonds is 5. The molecule has 0 fully saturated rings. The van der Waals surface area contributed by atoms with Crippen LogP contribution in [0, 0.1) is 5.41 Å². The van der Waals surface area contributed by atoms with E-state index in [4.69, 9.17) is 39.5 Å². The van der Waals surface area contributed by atoms with Crippen LogP contribution in [0.4, 0.5) is 4.79 Å². The van der Waals surface area contributed by atoms with E-state index in [1.165, 1.54) is 0 Å². The summed E-state index contributed by atoms with van der Waals surface area (Å²) in [5.74, 6) is 0. The number of hydrogen-bond acceptors (Lipinski definition) is 2. The Kier molecular flexibility index (Phi) is 7.72. The van der Waals surface area contributed by atoms with Crippen molar-refractivity contribution in [2.45, 2.75) is 44.3 Å². The number of carbonyl (C=O) groups excluding carboxylic acids is 1. The van der Waals surface area contributed by atoms with Crippen molar-refractivity contribution < 1.29 is 9.53 Å². The maximum absolute atomic E-state index is 11.8. The van der Waals surface area contributed by atoms with Gasteiger partial charge in [0.1, 0.15) is 6.61 Å². The minimum atomic E-state index is -1.56. The highest BCUT2D eigenvalue weighted by Crippen LogP contribution is 2.26. The molecule has 0 unspecified atom stereocenters. The van der Waals surface area contributed by atoms with E-state index >= 15 is 0 Å². The maximum atomic E-state index is 11.8. The topological polar surface area (TPSA) is 29.5 Å². The second-order valence-electron chi connectivity index (χ2n) is 5.47. The Morgan fingerprint density at radius 3 is 2.11 bits per heavy atom. The van der Waals surface area contributed by atoms with E-state index < -0.39 is 9.89 Å². The minimum Gasteiger partial charge on any atom is -0.445 e. The summed E-state index contributed by atoms with van der Waals surface area (Å²) in [5, 5.41) is 0. The molecule has 0 atom stereocenters. The Bertz CT molecular complexity index is 259. The predicted octanol–water partition coefficient (Wildman–Crippen LogP) is 4.64. The van der Waals surface area contributed by atoms with Gasteiger partial charge in [-0.05, 0) is 18.3 Å². The lowest BCUT2D eigenvalue weighted by molar-refractivity contribution is 0.0994. The normalized spacial score (nSPS) is 12.4. The van der Waals surface area contributed by atoms with Gasteiger partial charge in [-0.25, -0.2) is 4.79 Å². The number of carbonyl (C=O) groups is 1. The van der Waals surface area contributed by atoms with E-state index in [0.29, 0.717) is 13.1 Å². The molecule has 0 rings (SSSR count). The maximum Gasteiger partial charge on any atom is 0.409 e. The summed E-state index contributed by atoms with van der Waals surface area (Å²) >= 11 is 16.6. The Morgan fingerprint density at radius 1 is 1.17 bits per heavy atom. The number of ether oxygens (including phenoxy) is 1. The molecule has 18 heavy (non-hydrogen) atoms. The second kappa shape index (κ2) is 7.66. The molecule has 6 heteroatoms. The van der Waals surface area contributed by atoms with Crippen molar-refractivity contribution in [2.24, 2.45) is 5.41 Å². The summed E-state index contributed by atoms with van der Waals surface area (Å²) in [6.07, 6.45) is 1.34. The molecule has 3 nitrogen and oxygen atoms in total. The molecule has 0 N–H and O–H groups in total. The van der Waals surface area contributed by atoms with Crippen molar-refractivity contribution in [1.82, 2.24) is 4.90 Å². The first-order valence-electron chi connectivity index (χ1n) is 6.03. The van der Waals surface area contributed by atoms with Crippen molar-refractivity contribution in [3.05, 3.63) is 0 Å². The Hall–Kier alpha value is 0.140. The number of alkyl halides is 3. The number of halogens is 3. The summed E-state index contributed by atoms with van der Waals surface area (Å²) in [7, 11) is 0. The fourth-order valence-corrected chi connectivity index (χ4v) is 1.43. The van der Waals surface area contributed by atoms with Gasteiger partial charge >= 0.3 is 6.09 Å². The zero-order chi connectivity index (χ0) is 14.4. The highest BCUT2D eigenvalue weighted by Gasteiger charge is 2.24. The van der Waals surface area contributed by atoms with Crippen LogP contribution >= 0.6 is 34.8 Å². The van der Waals surface area contributed by atoms with Gasteiger partial charge in [0.2, 0.25) is 3.79 Å². The van der Waals surface area contributed by atoms with Crippen LogP contribution in [0.2, 0.25) is 0 Å². The summed E-state index contributed by atoms with van der Waals surface area (Å²) < 4.78 is 3.42. The molecule has 0 heterocycles. The molecule has 1 amide bonds. The van der Waals surface area contributed by atoms with E-state index in [1.54, 1.807) is 4.90 Å². The molecule has 0 saturated heterocycles. The molecule has 0 spiro atoms. The molecule has 0 aliphatic heterocycles. The van der Waals surface area contributed by atoms with Gasteiger partial charge in [-0.15, -0.1) is 0 Å². The minimum absolute atomic E-state index is 0.168. The molecule has 108 valence electrons. The van der Waals surface area contributed by atoms with Crippen LogP contribution in [0.25, 0.3) is 0 Å². The zero-order valence-corrected chi connectivity index (χ0v) is 13.7. The average molecular weight is 319 g/mol. The van der Waals surface area contributed by atoms with Gasteiger partial charge in [-0.1, -0.05) is 62.5 Å². The molecular formula is C12H22Cl3NO2. The monoisotopic (exact) mass is 317 g/mol. The molecular weight excluding hydrogens is 296 g/mol. The van der Waals surface area contributed by atoms with Crippen molar-refractivity contribution in [2.75, 3.05) is 19.7 Å². The van der Waals surface area contributed by atoms with Crippen LogP contribution in [-0.2, 0) is 4.74 Å². The van der Waals surface area contributed by atoms with Crippen molar-refractivity contribution in [3.8, 4) is 0 Å². The van der Waals surface area contributed by atoms with Gasteiger partial charge in [-0.3, -0.25) is 0 Å². The SMILES string of the molecule is CCCN(CCC(C)(C)C)C(=O)OCC(Cl)(Cl)Cl. The fraction of sp³-hybridized carbons (Fsp3) is 0.917. The summed E-state index contributed by atoms with van der Waals surface area (Å²) in [6, 6.07) is 0. The highest BCUT2D eigenvalue weighted by atomic mass is 35.6. The molecule has 0 saturated carbocycles. The van der Waals surface area contributed by atoms with Crippen molar-refractivity contribution in [1.29, 1.82) is 0 Å². The van der Waals surface area contributed by atoms with Crippen LogP contribution in [0.3, 0.4) is 0 Å². The van der Waals surface area contributed by atoms with Gasteiger partial charge in [0.25, 0.3) is 0 Å². The molecule has 0 bridgehead atoms. The fourth-order valence-electron chi connectivity index (χ4n) is 1.27. The van der Waals surface area contributed by atoms with E-state index in [1.807, 2.05) is 6.92 Å². The first-order valence-corrected chi connectivity index (χ1v) is 7.17. The summed E-state index contributed by atoms with van der Waals surface area (Å²) in [4.78, 5) is 13.5. The lowest BCUT2D eigenvalue weighted by Gasteiger charge is -2.26. The van der Waals surface area contributed by atoms with Gasteiger partial charge in [0.05, 0.1) is 0 Å². The number of nitrogens with zero attached hydrogens (tertiary/aromatic N) is 1. The van der Waals surface area contributed by atoms with E-state index in [-0.39, 0.29) is 12.0 Å². The van der Waals surface area contributed by atoms with Crippen LogP contribution in [0.5, 0.6) is 0 Å². The lowest BCUT2D eigenvalue weighted by atomic mass is 9.92. The molecule has 0 aliphatic carbocycles. The third-order valence-corrected chi connectivity index (χ3v) is 2.57. The van der Waals surface area contributed by atoms with Crippen LogP contribution < -0.4 is 0 Å². The Labute approximate surface area is 125 Å². The zero-order valence-electron chi connectivity index (χ0n) is 11.4. The summed E-state index contributed by atoms with van der Waals surface area (Å²) in [5.41, 5.74) is 0.168. The molecule has 0 aliphatic rings. The first-order chi connectivity index (χ1) is 8.05. The van der Waals surface area contributed by atoms with Crippen molar-refractivity contribution >= 4 is 40.9 Å². The van der Waals surface area contributed by atoms with E-state index in [9.17, 15) is 4.79 Å². The lowest BCUT2D eigenvalue weighted by Crippen LogP contribution is -2.36. The largest absolute Gasteiger partial charge is 0.445 e. The van der Waals surface area contributed by atoms with Gasteiger partial charge in [0, 0.05) is 13.1 Å². The second-order valence-corrected chi connectivity index (χ2v) is 7.98. The van der Waals surface area contributed by atoms with Gasteiger partial charge < -0.3 is 9.64 Å². The quantitative estimate of drug-likeness (QED) is 0.691. The van der Waals surface area contributed by atoms with Gasteiger partial charge in [-0.2, -0.15) is 0 Å². The van der Waals surface area contributed by atoms with Crippen LogP contribution in [0.1, 0.15) is 40.5 Å². The predicted molar refractivity (Wildman–Crippen MR) is 77.6 cm³/mol. The van der Waals surface area contributed by atoms with E-state index in [0.717, 1.165) is 12.8 Å². The summed E-state index contributed by atoms with van der Waals surface area (Å²) in [6.45, 7) is 9.46. The number of amides is 1. The third-order valence-electron chi connectivity index (χ3n) is 2.24. The Balaban J connectivity index is 4.27. The average Bonchev–Trinajstić information content (AvgIpc) is 2.18. The van der Waals surface area contributed by atoms with Crippen LogP contribution in [0.15, 0.2) is 0 Å². The first kappa shape index (κ1) is 18.1. The van der Waals surface area contributed by atoms with Gasteiger partial charge in [0.15, 0.2) is 0 Å². The molecule has 0 radical (unpaired) electrons. The van der Waals surface area contributed by atoms with Crippen LogP contribution in [-0.4, -0.2) is 34.5 Å². The smallest absolute Gasteiger partial charge is 0.409 e. The van der Waals surface area contributed by atoms with Crippen molar-refractivity contribution in [3.63, 3.8) is 0 Å². The molecule has 0 aromatic carbocycles. The highest BCUT2D eigenvalue weighted by molar-refractivity contribution is 6.67. The van der Waals surface area contributed by atoms with E-state index in [2.05, 4.69) is 20.8 Å². The number of hydrogen-bond donors (Lipinski definition) is 0. The molecule has 0 aromatic heterocycles. The third kappa shape index (κ3) is 10.1. The molecule has 0 aromatic rings. The standard InChI is InChI=1S/C12H22Cl3NO2/c1-5-7-16(8-6-11(2,3)4)10(17)18-9-12(13,14)15/h5-9H2,1-4H3. The Morgan fingerprint density at radius 2 is 1.72 bits per heavy atom.